The molecule has 0 bridgehead atoms. The molecule has 2 rings (SSSR count). The van der Waals surface area contributed by atoms with Crippen LogP contribution < -0.4 is 0 Å². The predicted molar refractivity (Wildman–Crippen MR) is 69.1 cm³/mol. The molecule has 18 heavy (non-hydrogen) atoms. The molecule has 2 aliphatic rings. The first-order valence-electron chi connectivity index (χ1n) is 6.81. The van der Waals surface area contributed by atoms with Crippen LogP contribution in [0, 0.1) is 5.92 Å². The molecule has 1 atom stereocenters. The number of likely N-dealkylation sites (tertiary alicyclic amines) is 1. The van der Waals surface area contributed by atoms with Crippen LogP contribution in [0.5, 0.6) is 0 Å². The number of piperidine rings is 1. The van der Waals surface area contributed by atoms with Crippen LogP contribution in [0.25, 0.3) is 0 Å². The molecule has 0 saturated carbocycles. The lowest BCUT2D eigenvalue weighted by Crippen LogP contribution is -2.53. The minimum absolute atomic E-state index is 0.111. The Morgan fingerprint density at radius 1 is 1.00 bits per heavy atom. The molecule has 0 aromatic carbocycles. The first-order valence-corrected chi connectivity index (χ1v) is 6.81. The third kappa shape index (κ3) is 3.02. The van der Waals surface area contributed by atoms with E-state index in [1.807, 2.05) is 9.80 Å². The lowest BCUT2D eigenvalue weighted by Gasteiger charge is -2.38. The molecule has 2 aliphatic heterocycles. The summed E-state index contributed by atoms with van der Waals surface area (Å²) in [6.07, 6.45) is 2.12. The third-order valence-corrected chi connectivity index (χ3v) is 4.01. The van der Waals surface area contributed by atoms with Gasteiger partial charge in [0, 0.05) is 39.6 Å². The molecule has 5 nitrogen and oxygen atoms in total. The topological polar surface area (TPSA) is 43.9 Å². The molecule has 0 spiro atoms. The van der Waals surface area contributed by atoms with E-state index in [1.54, 1.807) is 6.92 Å². The standard InChI is InChI=1S/C13H23N3O2/c1-11(17)15-6-8-16(9-7-15)13(18)12-4-3-5-14(2)10-12/h12H,3-10H2,1-2H3. The highest BCUT2D eigenvalue weighted by molar-refractivity contribution is 5.80. The Morgan fingerprint density at radius 2 is 1.61 bits per heavy atom. The lowest BCUT2D eigenvalue weighted by molar-refractivity contribution is -0.142. The number of hydrogen-bond donors (Lipinski definition) is 0. The first-order chi connectivity index (χ1) is 8.58. The monoisotopic (exact) mass is 253 g/mol. The SMILES string of the molecule is CC(=O)N1CCN(C(=O)C2CCCN(C)C2)CC1. The van der Waals surface area contributed by atoms with Crippen LogP contribution in [0.4, 0.5) is 0 Å². The average Bonchev–Trinajstić information content (AvgIpc) is 2.38. The Balaban J connectivity index is 1.85. The van der Waals surface area contributed by atoms with E-state index in [4.69, 9.17) is 0 Å². The molecule has 0 aliphatic carbocycles. The fraction of sp³-hybridized carbons (Fsp3) is 0.846. The van der Waals surface area contributed by atoms with Crippen molar-refractivity contribution in [2.45, 2.75) is 19.8 Å². The van der Waals surface area contributed by atoms with Crippen molar-refractivity contribution in [3.05, 3.63) is 0 Å². The van der Waals surface area contributed by atoms with Gasteiger partial charge < -0.3 is 14.7 Å². The van der Waals surface area contributed by atoms with Gasteiger partial charge in [-0.1, -0.05) is 0 Å². The van der Waals surface area contributed by atoms with Crippen molar-refractivity contribution in [1.82, 2.24) is 14.7 Å². The van der Waals surface area contributed by atoms with Gasteiger partial charge in [-0.2, -0.15) is 0 Å². The molecule has 102 valence electrons. The molecule has 2 saturated heterocycles. The molecule has 0 N–H and O–H groups in total. The summed E-state index contributed by atoms with van der Waals surface area (Å²) in [5.41, 5.74) is 0. The van der Waals surface area contributed by atoms with Gasteiger partial charge in [-0.05, 0) is 26.4 Å². The van der Waals surface area contributed by atoms with Crippen LogP contribution in [0.15, 0.2) is 0 Å². The van der Waals surface area contributed by atoms with Gasteiger partial charge in [-0.3, -0.25) is 9.59 Å². The Labute approximate surface area is 109 Å². The second kappa shape index (κ2) is 5.69. The van der Waals surface area contributed by atoms with Crippen LogP contribution >= 0.6 is 0 Å². The summed E-state index contributed by atoms with van der Waals surface area (Å²) >= 11 is 0. The van der Waals surface area contributed by atoms with E-state index < -0.39 is 0 Å². The molecule has 1 unspecified atom stereocenters. The van der Waals surface area contributed by atoms with Crippen LogP contribution in [0.1, 0.15) is 19.8 Å². The van der Waals surface area contributed by atoms with Gasteiger partial charge in [0.2, 0.25) is 11.8 Å². The zero-order chi connectivity index (χ0) is 13.1. The molecule has 0 radical (unpaired) electrons. The highest BCUT2D eigenvalue weighted by atomic mass is 16.2. The van der Waals surface area contributed by atoms with Crippen LogP contribution in [-0.2, 0) is 9.59 Å². The fourth-order valence-corrected chi connectivity index (χ4v) is 2.87. The van der Waals surface area contributed by atoms with Gasteiger partial charge in [0.15, 0.2) is 0 Å². The van der Waals surface area contributed by atoms with Crippen molar-refractivity contribution in [3.63, 3.8) is 0 Å². The Bertz CT molecular complexity index is 324. The van der Waals surface area contributed by atoms with Crippen molar-refractivity contribution >= 4 is 11.8 Å². The van der Waals surface area contributed by atoms with Crippen LogP contribution in [0.2, 0.25) is 0 Å². The van der Waals surface area contributed by atoms with E-state index in [0.29, 0.717) is 26.2 Å². The van der Waals surface area contributed by atoms with Gasteiger partial charge in [0.25, 0.3) is 0 Å². The minimum atomic E-state index is 0.111. The smallest absolute Gasteiger partial charge is 0.227 e. The second-order valence-electron chi connectivity index (χ2n) is 5.43. The van der Waals surface area contributed by atoms with Gasteiger partial charge in [0.1, 0.15) is 0 Å². The van der Waals surface area contributed by atoms with Crippen molar-refractivity contribution in [2.24, 2.45) is 5.92 Å². The predicted octanol–water partition coefficient (Wildman–Crippen LogP) is 0.0189. The zero-order valence-corrected chi connectivity index (χ0v) is 11.4. The molecule has 5 heteroatoms. The van der Waals surface area contributed by atoms with E-state index in [1.165, 1.54) is 0 Å². The molecule has 0 aromatic rings. The maximum atomic E-state index is 12.4. The van der Waals surface area contributed by atoms with Crippen LogP contribution in [0.3, 0.4) is 0 Å². The number of hydrogen-bond acceptors (Lipinski definition) is 3. The number of piperazine rings is 1. The quantitative estimate of drug-likeness (QED) is 0.662. The largest absolute Gasteiger partial charge is 0.339 e. The summed E-state index contributed by atoms with van der Waals surface area (Å²) in [6.45, 7) is 6.33. The average molecular weight is 253 g/mol. The lowest BCUT2D eigenvalue weighted by atomic mass is 9.96. The number of nitrogens with zero attached hydrogens (tertiary/aromatic N) is 3. The normalized spacial score (nSPS) is 26.2. The van der Waals surface area contributed by atoms with Gasteiger partial charge >= 0.3 is 0 Å². The summed E-state index contributed by atoms with van der Waals surface area (Å²) in [4.78, 5) is 29.6. The van der Waals surface area contributed by atoms with Gasteiger partial charge in [0.05, 0.1) is 5.92 Å². The van der Waals surface area contributed by atoms with Crippen molar-refractivity contribution in [3.8, 4) is 0 Å². The summed E-state index contributed by atoms with van der Waals surface area (Å²) in [6, 6.07) is 0. The number of carbonyl (C=O) groups is 2. The highest BCUT2D eigenvalue weighted by Gasteiger charge is 2.30. The number of amides is 2. The molecule has 2 heterocycles. The van der Waals surface area contributed by atoms with E-state index >= 15 is 0 Å². The summed E-state index contributed by atoms with van der Waals surface area (Å²) in [7, 11) is 2.08. The Hall–Kier alpha value is -1.10. The van der Waals surface area contributed by atoms with Crippen molar-refractivity contribution < 1.29 is 9.59 Å². The number of rotatable bonds is 1. The molecular formula is C13H23N3O2. The van der Waals surface area contributed by atoms with E-state index in [2.05, 4.69) is 11.9 Å². The highest BCUT2D eigenvalue weighted by Crippen LogP contribution is 2.18. The van der Waals surface area contributed by atoms with E-state index in [9.17, 15) is 9.59 Å². The number of carbonyl (C=O) groups excluding carboxylic acids is 2. The first kappa shape index (κ1) is 13.3. The fourth-order valence-electron chi connectivity index (χ4n) is 2.87. The summed E-state index contributed by atoms with van der Waals surface area (Å²) < 4.78 is 0. The Kier molecular flexibility index (Phi) is 4.22. The van der Waals surface area contributed by atoms with Crippen molar-refractivity contribution in [2.75, 3.05) is 46.3 Å². The van der Waals surface area contributed by atoms with Crippen molar-refractivity contribution in [1.29, 1.82) is 0 Å². The Morgan fingerprint density at radius 3 is 2.17 bits per heavy atom. The van der Waals surface area contributed by atoms with E-state index in [-0.39, 0.29) is 17.7 Å². The van der Waals surface area contributed by atoms with Crippen LogP contribution in [-0.4, -0.2) is 72.8 Å². The van der Waals surface area contributed by atoms with Gasteiger partial charge in [-0.25, -0.2) is 0 Å². The van der Waals surface area contributed by atoms with Gasteiger partial charge in [-0.15, -0.1) is 0 Å². The molecule has 2 fully saturated rings. The minimum Gasteiger partial charge on any atom is -0.339 e. The molecular weight excluding hydrogens is 230 g/mol. The maximum Gasteiger partial charge on any atom is 0.227 e. The maximum absolute atomic E-state index is 12.4. The zero-order valence-electron chi connectivity index (χ0n) is 11.4. The summed E-state index contributed by atoms with van der Waals surface area (Å²) in [5, 5.41) is 0. The molecule has 0 aromatic heterocycles. The second-order valence-corrected chi connectivity index (χ2v) is 5.43. The summed E-state index contributed by atoms with van der Waals surface area (Å²) in [5.74, 6) is 0.553. The molecule has 2 amide bonds. The van der Waals surface area contributed by atoms with E-state index in [0.717, 1.165) is 25.9 Å². The third-order valence-electron chi connectivity index (χ3n) is 4.01.